The lowest BCUT2D eigenvalue weighted by Crippen LogP contribution is -2.72. The summed E-state index contributed by atoms with van der Waals surface area (Å²) >= 11 is 0. The summed E-state index contributed by atoms with van der Waals surface area (Å²) < 4.78 is 2.21. The third-order valence-electron chi connectivity index (χ3n) is 8.81. The van der Waals surface area contributed by atoms with E-state index in [0.717, 1.165) is 94.6 Å². The molecule has 1 aromatic carbocycles. The number of unbranched alkanes of at least 4 members (excludes halogenated alkanes) is 3. The van der Waals surface area contributed by atoms with Crippen LogP contribution >= 0.6 is 0 Å². The number of anilines is 3. The van der Waals surface area contributed by atoms with Crippen LogP contribution in [0.4, 0.5) is 17.5 Å². The highest BCUT2D eigenvalue weighted by Crippen LogP contribution is 2.40. The molecule has 2 aromatic heterocycles. The van der Waals surface area contributed by atoms with Gasteiger partial charge in [0.25, 0.3) is 5.91 Å². The molecule has 1 aliphatic carbocycles. The zero-order chi connectivity index (χ0) is 27.5. The van der Waals surface area contributed by atoms with Gasteiger partial charge in [0, 0.05) is 62.0 Å². The number of fused-ring (bicyclic) bond motifs is 1. The molecule has 2 aliphatic heterocycles. The minimum Gasteiger partial charge on any atom is -0.396 e. The molecule has 40 heavy (non-hydrogen) atoms. The average molecular weight is 547 g/mol. The Morgan fingerprint density at radius 2 is 1.77 bits per heavy atom. The fraction of sp³-hybridized carbons (Fsp3) is 0.600. The van der Waals surface area contributed by atoms with Crippen molar-refractivity contribution < 1.29 is 9.90 Å². The Hall–Kier alpha value is -3.24. The van der Waals surface area contributed by atoms with Crippen LogP contribution in [0.1, 0.15) is 74.7 Å². The number of benzene rings is 1. The number of aromatic nitrogens is 4. The highest BCUT2D eigenvalue weighted by Gasteiger charge is 2.52. The van der Waals surface area contributed by atoms with Crippen molar-refractivity contribution in [3.05, 3.63) is 36.2 Å². The second-order valence-corrected chi connectivity index (χ2v) is 11.9. The van der Waals surface area contributed by atoms with Crippen LogP contribution in [-0.4, -0.2) is 86.2 Å². The summed E-state index contributed by atoms with van der Waals surface area (Å²) in [6.45, 7) is 8.26. The number of hydrogen-bond acceptors (Lipinski definition) is 8. The van der Waals surface area contributed by atoms with Crippen molar-refractivity contribution in [1.29, 1.82) is 0 Å². The van der Waals surface area contributed by atoms with Gasteiger partial charge in [-0.25, -0.2) is 4.98 Å². The van der Waals surface area contributed by atoms with Crippen LogP contribution in [0.25, 0.3) is 11.2 Å². The van der Waals surface area contributed by atoms with E-state index in [1.54, 1.807) is 0 Å². The Morgan fingerprint density at radius 3 is 2.50 bits per heavy atom. The van der Waals surface area contributed by atoms with Crippen LogP contribution in [0, 0.1) is 5.41 Å². The van der Waals surface area contributed by atoms with E-state index in [4.69, 9.17) is 20.1 Å². The van der Waals surface area contributed by atoms with Crippen LogP contribution in [-0.2, 0) is 0 Å². The number of carbonyl (C=O) groups is 1. The van der Waals surface area contributed by atoms with Crippen LogP contribution in [0.3, 0.4) is 0 Å². The average Bonchev–Trinajstić information content (AvgIpc) is 3.60. The zero-order valence-electron chi connectivity index (χ0n) is 23.6. The number of aliphatic hydroxyl groups is 1. The van der Waals surface area contributed by atoms with Crippen molar-refractivity contribution in [2.24, 2.45) is 5.41 Å². The molecule has 0 radical (unpaired) electrons. The molecule has 4 heterocycles. The van der Waals surface area contributed by atoms with E-state index in [-0.39, 0.29) is 12.5 Å². The van der Waals surface area contributed by atoms with Gasteiger partial charge in [-0.15, -0.1) is 0 Å². The molecule has 1 spiro atoms. The molecule has 1 amide bonds. The number of aliphatic hydroxyl groups excluding tert-OH is 1. The summed E-state index contributed by atoms with van der Waals surface area (Å²) in [5.41, 5.74) is 3.52. The number of imidazole rings is 1. The summed E-state index contributed by atoms with van der Waals surface area (Å²) in [5.74, 6) is 1.36. The lowest BCUT2D eigenvalue weighted by molar-refractivity contribution is -0.0958. The second kappa shape index (κ2) is 11.7. The third kappa shape index (κ3) is 5.51. The Morgan fingerprint density at radius 1 is 1.02 bits per heavy atom. The Kier molecular flexibility index (Phi) is 7.89. The van der Waals surface area contributed by atoms with E-state index in [1.165, 1.54) is 12.8 Å². The number of hydrogen-bond donors (Lipinski definition) is 3. The minimum absolute atomic E-state index is 0.109. The Balaban J connectivity index is 1.15. The standard InChI is InChI=1S/C30H42N8O2/c1-2-36-17-30(18-36)19-37(20-30)28(40)22-11-13-23(14-12-22)33-26-25-27(38(21-32-25)24-9-5-6-10-24)35-29(34-26)31-15-7-3-4-8-16-39/h11-14,21,24,39H,2-10,15-20H2,1H3,(H2,31,33,34,35). The van der Waals surface area contributed by atoms with Crippen molar-refractivity contribution in [3.8, 4) is 0 Å². The molecule has 0 atom stereocenters. The predicted molar refractivity (Wildman–Crippen MR) is 157 cm³/mol. The van der Waals surface area contributed by atoms with Gasteiger partial charge in [0.05, 0.1) is 6.33 Å². The van der Waals surface area contributed by atoms with Gasteiger partial charge < -0.3 is 30.1 Å². The Bertz CT molecular complexity index is 1300. The summed E-state index contributed by atoms with van der Waals surface area (Å²) in [6.07, 6.45) is 10.6. The van der Waals surface area contributed by atoms with E-state index in [0.29, 0.717) is 28.8 Å². The summed E-state index contributed by atoms with van der Waals surface area (Å²) in [4.78, 5) is 31.8. The van der Waals surface area contributed by atoms with Gasteiger partial charge in [-0.2, -0.15) is 9.97 Å². The lowest BCUT2D eigenvalue weighted by Gasteiger charge is -2.60. The molecule has 0 unspecified atom stereocenters. The van der Waals surface area contributed by atoms with E-state index in [1.807, 2.05) is 35.5 Å². The first-order valence-electron chi connectivity index (χ1n) is 15.1. The molecular formula is C30H42N8O2. The van der Waals surface area contributed by atoms with Crippen LogP contribution in [0.2, 0.25) is 0 Å². The SMILES string of the molecule is CCN1CC2(C1)CN(C(=O)c1ccc(Nc3nc(NCCCCCCO)nc4c3ncn4C3CCCC3)cc1)C2. The van der Waals surface area contributed by atoms with Crippen molar-refractivity contribution in [2.45, 2.75) is 64.3 Å². The lowest BCUT2D eigenvalue weighted by atomic mass is 9.72. The Labute approximate surface area is 236 Å². The zero-order valence-corrected chi connectivity index (χ0v) is 23.6. The molecule has 0 bridgehead atoms. The van der Waals surface area contributed by atoms with E-state index in [9.17, 15) is 4.79 Å². The maximum atomic E-state index is 13.0. The van der Waals surface area contributed by atoms with E-state index in [2.05, 4.69) is 27.0 Å². The monoisotopic (exact) mass is 546 g/mol. The topological polar surface area (TPSA) is 111 Å². The summed E-state index contributed by atoms with van der Waals surface area (Å²) in [6, 6.07) is 8.11. The number of nitrogens with zero attached hydrogens (tertiary/aromatic N) is 6. The van der Waals surface area contributed by atoms with Gasteiger partial charge in [-0.3, -0.25) is 4.79 Å². The van der Waals surface area contributed by atoms with Gasteiger partial charge in [0.1, 0.15) is 0 Å². The van der Waals surface area contributed by atoms with E-state index >= 15 is 0 Å². The van der Waals surface area contributed by atoms with Gasteiger partial charge in [-0.05, 0) is 56.5 Å². The quantitative estimate of drug-likeness (QED) is 0.286. The molecule has 3 fully saturated rings. The largest absolute Gasteiger partial charge is 0.396 e. The molecule has 3 aliphatic rings. The first kappa shape index (κ1) is 27.0. The molecular weight excluding hydrogens is 504 g/mol. The maximum Gasteiger partial charge on any atom is 0.253 e. The highest BCUT2D eigenvalue weighted by molar-refractivity contribution is 5.95. The molecule has 10 nitrogen and oxygen atoms in total. The van der Waals surface area contributed by atoms with Gasteiger partial charge in [-0.1, -0.05) is 32.6 Å². The van der Waals surface area contributed by atoms with Gasteiger partial charge >= 0.3 is 0 Å². The number of nitrogens with one attached hydrogen (secondary N) is 2. The van der Waals surface area contributed by atoms with Crippen molar-refractivity contribution in [3.63, 3.8) is 0 Å². The van der Waals surface area contributed by atoms with Crippen molar-refractivity contribution in [1.82, 2.24) is 29.3 Å². The second-order valence-electron chi connectivity index (χ2n) is 11.9. The predicted octanol–water partition coefficient (Wildman–Crippen LogP) is 4.43. The molecule has 6 rings (SSSR count). The highest BCUT2D eigenvalue weighted by atomic mass is 16.3. The molecule has 214 valence electrons. The normalized spacial score (nSPS) is 18.7. The third-order valence-corrected chi connectivity index (χ3v) is 8.81. The minimum atomic E-state index is 0.109. The number of likely N-dealkylation sites (tertiary alicyclic amines) is 2. The van der Waals surface area contributed by atoms with Crippen molar-refractivity contribution >= 4 is 34.5 Å². The first-order chi connectivity index (χ1) is 19.6. The molecule has 2 saturated heterocycles. The number of amides is 1. The molecule has 3 aromatic rings. The molecule has 3 N–H and O–H groups in total. The molecule has 10 heteroatoms. The van der Waals surface area contributed by atoms with Crippen LogP contribution in [0.15, 0.2) is 30.6 Å². The van der Waals surface area contributed by atoms with Gasteiger partial charge in [0.2, 0.25) is 5.95 Å². The van der Waals surface area contributed by atoms with Crippen LogP contribution < -0.4 is 10.6 Å². The van der Waals surface area contributed by atoms with E-state index < -0.39 is 0 Å². The fourth-order valence-electron chi connectivity index (χ4n) is 6.57. The van der Waals surface area contributed by atoms with Crippen LogP contribution in [0.5, 0.6) is 0 Å². The fourth-order valence-corrected chi connectivity index (χ4v) is 6.57. The summed E-state index contributed by atoms with van der Waals surface area (Å²) in [5, 5.41) is 15.9. The maximum absolute atomic E-state index is 13.0. The number of rotatable bonds is 12. The first-order valence-corrected chi connectivity index (χ1v) is 15.1. The summed E-state index contributed by atoms with van der Waals surface area (Å²) in [7, 11) is 0. The van der Waals surface area contributed by atoms with Crippen molar-refractivity contribution in [2.75, 3.05) is 56.5 Å². The smallest absolute Gasteiger partial charge is 0.253 e. The molecule has 1 saturated carbocycles. The van der Waals surface area contributed by atoms with Gasteiger partial charge in [0.15, 0.2) is 17.0 Å². The number of carbonyl (C=O) groups excluding carboxylic acids is 1.